The predicted molar refractivity (Wildman–Crippen MR) is 93.7 cm³/mol. The lowest BCUT2D eigenvalue weighted by Gasteiger charge is -2.13. The molecule has 1 aromatic carbocycles. The lowest BCUT2D eigenvalue weighted by Crippen LogP contribution is -2.35. The molecule has 124 valence electrons. The molecule has 0 saturated carbocycles. The molecule has 24 heavy (non-hydrogen) atoms. The van der Waals surface area contributed by atoms with Crippen LogP contribution in [0.1, 0.15) is 12.8 Å². The van der Waals surface area contributed by atoms with E-state index < -0.39 is 6.10 Å². The fourth-order valence-electron chi connectivity index (χ4n) is 1.91. The van der Waals surface area contributed by atoms with Crippen LogP contribution in [-0.4, -0.2) is 22.2 Å². The van der Waals surface area contributed by atoms with Gasteiger partial charge in [0.05, 0.1) is 11.4 Å². The first-order valence-electron chi connectivity index (χ1n) is 7.18. The van der Waals surface area contributed by atoms with Crippen molar-refractivity contribution in [2.75, 3.05) is 0 Å². The summed E-state index contributed by atoms with van der Waals surface area (Å²) in [6.07, 6.45) is -0.633. The van der Waals surface area contributed by atoms with Crippen LogP contribution in [-0.2, 0) is 11.3 Å². The van der Waals surface area contributed by atoms with Gasteiger partial charge in [-0.15, -0.1) is 11.3 Å². The lowest BCUT2D eigenvalue weighted by atomic mass is 10.3. The van der Waals surface area contributed by atoms with Crippen molar-refractivity contribution in [1.82, 2.24) is 15.5 Å². The zero-order valence-corrected chi connectivity index (χ0v) is 15.1. The number of carbonyl (C=O) groups is 1. The number of nitrogens with zero attached hydrogens (tertiary/aromatic N) is 2. The zero-order valence-electron chi connectivity index (χ0n) is 12.7. The number of carbonyl (C=O) groups excluding carboxylic acids is 1. The minimum Gasteiger partial charge on any atom is -0.481 e. The molecule has 0 saturated heterocycles. The van der Waals surface area contributed by atoms with Crippen molar-refractivity contribution in [1.29, 1.82) is 0 Å². The number of hydrogen-bond acceptors (Lipinski definition) is 6. The Morgan fingerprint density at radius 3 is 2.88 bits per heavy atom. The Labute approximate surface area is 151 Å². The van der Waals surface area contributed by atoms with E-state index in [4.69, 9.17) is 9.26 Å². The van der Waals surface area contributed by atoms with Gasteiger partial charge in [-0.05, 0) is 42.6 Å². The third-order valence-corrected chi connectivity index (χ3v) is 4.51. The van der Waals surface area contributed by atoms with E-state index in [1.807, 2.05) is 29.6 Å². The van der Waals surface area contributed by atoms with Gasteiger partial charge in [0.25, 0.3) is 5.91 Å². The minimum atomic E-state index is -0.633. The average molecular weight is 408 g/mol. The molecule has 6 nitrogen and oxygen atoms in total. The molecular weight excluding hydrogens is 394 g/mol. The first-order valence-corrected chi connectivity index (χ1v) is 8.85. The average Bonchev–Trinajstić information content (AvgIpc) is 3.25. The maximum atomic E-state index is 12.1. The van der Waals surface area contributed by atoms with E-state index >= 15 is 0 Å². The fraction of sp³-hybridized carbons (Fsp3) is 0.188. The third-order valence-electron chi connectivity index (χ3n) is 3.12. The third kappa shape index (κ3) is 4.21. The minimum absolute atomic E-state index is 0.158. The Morgan fingerprint density at radius 2 is 2.17 bits per heavy atom. The number of benzene rings is 1. The van der Waals surface area contributed by atoms with E-state index in [9.17, 15) is 4.79 Å². The summed E-state index contributed by atoms with van der Waals surface area (Å²) < 4.78 is 11.7. The molecular formula is C16H14BrN3O3S. The first kappa shape index (κ1) is 16.7. The fourth-order valence-corrected chi connectivity index (χ4v) is 2.82. The van der Waals surface area contributed by atoms with Gasteiger partial charge < -0.3 is 14.6 Å². The maximum Gasteiger partial charge on any atom is 0.261 e. The number of ether oxygens (including phenoxy) is 1. The van der Waals surface area contributed by atoms with Gasteiger partial charge in [-0.25, -0.2) is 0 Å². The number of nitrogens with one attached hydrogen (secondary N) is 1. The number of thiophene rings is 1. The number of halogens is 1. The highest BCUT2D eigenvalue weighted by Gasteiger charge is 2.16. The van der Waals surface area contributed by atoms with Gasteiger partial charge in [0.1, 0.15) is 5.75 Å². The Kier molecular flexibility index (Phi) is 5.27. The van der Waals surface area contributed by atoms with Crippen molar-refractivity contribution >= 4 is 33.2 Å². The topological polar surface area (TPSA) is 77.2 Å². The molecule has 0 unspecified atom stereocenters. The summed E-state index contributed by atoms with van der Waals surface area (Å²) in [6.45, 7) is 1.84. The largest absolute Gasteiger partial charge is 0.481 e. The molecule has 1 N–H and O–H groups in total. The van der Waals surface area contributed by atoms with Gasteiger partial charge in [0.15, 0.2) is 6.10 Å². The van der Waals surface area contributed by atoms with Crippen molar-refractivity contribution in [3.05, 3.63) is 52.1 Å². The summed E-state index contributed by atoms with van der Waals surface area (Å²) in [4.78, 5) is 17.3. The standard InChI is InChI=1S/C16H14BrN3O3S/c1-10(22-12-6-4-11(17)5-7-12)16(21)18-9-14-19-15(20-23-14)13-3-2-8-24-13/h2-8,10H,9H2,1H3,(H,18,21)/t10-/m1/s1. The molecule has 0 fully saturated rings. The number of hydrogen-bond donors (Lipinski definition) is 1. The molecule has 3 aromatic rings. The Morgan fingerprint density at radius 1 is 1.38 bits per heavy atom. The Hall–Kier alpha value is -2.19. The quantitative estimate of drug-likeness (QED) is 0.674. The summed E-state index contributed by atoms with van der Waals surface area (Å²) in [7, 11) is 0. The SMILES string of the molecule is C[C@@H](Oc1ccc(Br)cc1)C(=O)NCc1nc(-c2cccs2)no1. The Bertz CT molecular complexity index is 802. The van der Waals surface area contributed by atoms with E-state index in [0.29, 0.717) is 17.5 Å². The normalized spacial score (nSPS) is 11.9. The van der Waals surface area contributed by atoms with E-state index in [1.54, 1.807) is 19.1 Å². The summed E-state index contributed by atoms with van der Waals surface area (Å²) in [5, 5.41) is 8.56. The molecule has 0 aliphatic heterocycles. The summed E-state index contributed by atoms with van der Waals surface area (Å²) in [5.74, 6) is 1.24. The van der Waals surface area contributed by atoms with Crippen molar-refractivity contribution < 1.29 is 14.1 Å². The lowest BCUT2D eigenvalue weighted by molar-refractivity contribution is -0.127. The summed E-state index contributed by atoms with van der Waals surface area (Å²) in [6, 6.07) is 11.1. The molecule has 0 spiro atoms. The van der Waals surface area contributed by atoms with Gasteiger partial charge in [0.2, 0.25) is 11.7 Å². The molecule has 0 bridgehead atoms. The summed E-state index contributed by atoms with van der Waals surface area (Å²) in [5.41, 5.74) is 0. The van der Waals surface area contributed by atoms with E-state index in [2.05, 4.69) is 31.4 Å². The van der Waals surface area contributed by atoms with Crippen LogP contribution in [0.3, 0.4) is 0 Å². The van der Waals surface area contributed by atoms with Crippen molar-refractivity contribution in [2.45, 2.75) is 19.6 Å². The van der Waals surface area contributed by atoms with Crippen LogP contribution in [0.4, 0.5) is 0 Å². The first-order chi connectivity index (χ1) is 11.6. The van der Waals surface area contributed by atoms with Crippen LogP contribution in [0, 0.1) is 0 Å². The maximum absolute atomic E-state index is 12.1. The number of aromatic nitrogens is 2. The second kappa shape index (κ2) is 7.59. The van der Waals surface area contributed by atoms with E-state index in [1.165, 1.54) is 11.3 Å². The van der Waals surface area contributed by atoms with Crippen molar-refractivity contribution in [2.24, 2.45) is 0 Å². The highest BCUT2D eigenvalue weighted by atomic mass is 79.9. The smallest absolute Gasteiger partial charge is 0.261 e. The molecule has 1 atom stereocenters. The van der Waals surface area contributed by atoms with Crippen LogP contribution in [0.15, 0.2) is 50.8 Å². The van der Waals surface area contributed by atoms with Crippen molar-refractivity contribution in [3.63, 3.8) is 0 Å². The predicted octanol–water partition coefficient (Wildman–Crippen LogP) is 3.64. The summed E-state index contributed by atoms with van der Waals surface area (Å²) >= 11 is 4.88. The van der Waals surface area contributed by atoms with E-state index in [0.717, 1.165) is 9.35 Å². The second-order valence-corrected chi connectivity index (χ2v) is 6.78. The van der Waals surface area contributed by atoms with Crippen LogP contribution in [0.2, 0.25) is 0 Å². The molecule has 0 radical (unpaired) electrons. The Balaban J connectivity index is 1.52. The van der Waals surface area contributed by atoms with E-state index in [-0.39, 0.29) is 12.5 Å². The zero-order chi connectivity index (χ0) is 16.9. The molecule has 1 amide bonds. The van der Waals surface area contributed by atoms with Gasteiger partial charge in [-0.2, -0.15) is 4.98 Å². The highest BCUT2D eigenvalue weighted by molar-refractivity contribution is 9.10. The number of amides is 1. The van der Waals surface area contributed by atoms with Gasteiger partial charge in [0, 0.05) is 4.47 Å². The molecule has 2 aromatic heterocycles. The van der Waals surface area contributed by atoms with Gasteiger partial charge >= 0.3 is 0 Å². The van der Waals surface area contributed by atoms with Crippen LogP contribution in [0.25, 0.3) is 10.7 Å². The van der Waals surface area contributed by atoms with Crippen molar-refractivity contribution in [3.8, 4) is 16.5 Å². The molecule has 0 aliphatic carbocycles. The second-order valence-electron chi connectivity index (χ2n) is 4.92. The molecule has 2 heterocycles. The van der Waals surface area contributed by atoms with Gasteiger partial charge in [-0.1, -0.05) is 27.2 Å². The molecule has 3 rings (SSSR count). The number of rotatable bonds is 6. The van der Waals surface area contributed by atoms with Crippen LogP contribution >= 0.6 is 27.3 Å². The molecule has 0 aliphatic rings. The monoisotopic (exact) mass is 407 g/mol. The highest BCUT2D eigenvalue weighted by Crippen LogP contribution is 2.21. The van der Waals surface area contributed by atoms with Crippen LogP contribution in [0.5, 0.6) is 5.75 Å². The molecule has 8 heteroatoms. The van der Waals surface area contributed by atoms with Gasteiger partial charge in [-0.3, -0.25) is 4.79 Å². The van der Waals surface area contributed by atoms with Crippen LogP contribution < -0.4 is 10.1 Å².